The zero-order valence-electron chi connectivity index (χ0n) is 13.5. The average Bonchev–Trinajstić information content (AvgIpc) is 2.43. The van der Waals surface area contributed by atoms with E-state index in [4.69, 9.17) is 14.2 Å². The molecule has 1 aliphatic carbocycles. The lowest BCUT2D eigenvalue weighted by Gasteiger charge is -2.57. The summed E-state index contributed by atoms with van der Waals surface area (Å²) in [6.07, 6.45) is 3.67. The predicted molar refractivity (Wildman–Crippen MR) is 82.5 cm³/mol. The van der Waals surface area contributed by atoms with Crippen LogP contribution in [0.15, 0.2) is 24.3 Å². The molecule has 0 spiro atoms. The minimum Gasteiger partial charge on any atom is -0.497 e. The maximum absolute atomic E-state index is 6.28. The second-order valence-corrected chi connectivity index (χ2v) is 7.20. The Kier molecular flexibility index (Phi) is 3.74. The molecule has 116 valence electrons. The number of hydrogen-bond acceptors (Lipinski definition) is 3. The van der Waals surface area contributed by atoms with Crippen molar-refractivity contribution in [2.24, 2.45) is 5.92 Å². The van der Waals surface area contributed by atoms with Gasteiger partial charge in [-0.2, -0.15) is 0 Å². The summed E-state index contributed by atoms with van der Waals surface area (Å²) in [5.41, 5.74) is 1.11. The molecular weight excluding hydrogens is 264 g/mol. The molecule has 2 heterocycles. The fraction of sp³-hybridized carbons (Fsp3) is 0.667. The summed E-state index contributed by atoms with van der Waals surface area (Å²) in [4.78, 5) is 0. The molecule has 1 saturated carbocycles. The largest absolute Gasteiger partial charge is 0.497 e. The summed E-state index contributed by atoms with van der Waals surface area (Å²) in [6, 6.07) is 8.12. The van der Waals surface area contributed by atoms with E-state index in [-0.39, 0.29) is 11.2 Å². The van der Waals surface area contributed by atoms with E-state index in [2.05, 4.69) is 32.9 Å². The zero-order chi connectivity index (χ0) is 15.1. The number of methoxy groups -OCH3 is 1. The molecule has 2 bridgehead atoms. The quantitative estimate of drug-likeness (QED) is 0.840. The van der Waals surface area contributed by atoms with Crippen molar-refractivity contribution in [2.45, 2.75) is 63.9 Å². The van der Waals surface area contributed by atoms with Crippen molar-refractivity contribution in [3.05, 3.63) is 29.8 Å². The molecule has 3 heteroatoms. The van der Waals surface area contributed by atoms with Crippen LogP contribution < -0.4 is 4.74 Å². The summed E-state index contributed by atoms with van der Waals surface area (Å²) < 4.78 is 17.7. The molecule has 1 aromatic rings. The topological polar surface area (TPSA) is 27.7 Å². The number of rotatable bonds is 4. The molecular formula is C18H26O3. The van der Waals surface area contributed by atoms with Crippen LogP contribution in [0.4, 0.5) is 0 Å². The van der Waals surface area contributed by atoms with Crippen LogP contribution in [0.3, 0.4) is 0 Å². The molecule has 0 amide bonds. The monoisotopic (exact) mass is 290 g/mol. The molecule has 2 aliphatic heterocycles. The van der Waals surface area contributed by atoms with Crippen LogP contribution in [-0.4, -0.2) is 24.4 Å². The van der Waals surface area contributed by atoms with Crippen LogP contribution in [0.1, 0.15) is 45.6 Å². The minimum atomic E-state index is -0.0736. The molecule has 21 heavy (non-hydrogen) atoms. The van der Waals surface area contributed by atoms with Gasteiger partial charge in [0.1, 0.15) is 5.75 Å². The number of fused-ring (bicyclic) bond motifs is 3. The summed E-state index contributed by atoms with van der Waals surface area (Å²) in [5, 5.41) is 0. The van der Waals surface area contributed by atoms with Crippen molar-refractivity contribution in [3.8, 4) is 5.75 Å². The van der Waals surface area contributed by atoms with E-state index in [1.807, 2.05) is 12.1 Å². The third-order valence-corrected chi connectivity index (χ3v) is 5.09. The van der Waals surface area contributed by atoms with Crippen LogP contribution >= 0.6 is 0 Å². The molecule has 3 fully saturated rings. The molecule has 3 nitrogen and oxygen atoms in total. The van der Waals surface area contributed by atoms with Crippen LogP contribution in [0, 0.1) is 5.92 Å². The van der Waals surface area contributed by atoms with Gasteiger partial charge < -0.3 is 14.2 Å². The van der Waals surface area contributed by atoms with Gasteiger partial charge >= 0.3 is 0 Å². The SMILES string of the molecule is COc1ccc(CO[C@H]2C[C@@]3(C)CC[C@@H]2C(C)(C)O3)cc1. The van der Waals surface area contributed by atoms with E-state index < -0.39 is 0 Å². The van der Waals surface area contributed by atoms with Gasteiger partial charge in [0.25, 0.3) is 0 Å². The highest BCUT2D eigenvalue weighted by Crippen LogP contribution is 2.50. The predicted octanol–water partition coefficient (Wildman–Crippen LogP) is 3.95. The van der Waals surface area contributed by atoms with Crippen LogP contribution in [0.2, 0.25) is 0 Å². The van der Waals surface area contributed by atoms with Crippen molar-refractivity contribution in [1.82, 2.24) is 0 Å². The van der Waals surface area contributed by atoms with E-state index in [1.165, 1.54) is 12.0 Å². The highest BCUT2D eigenvalue weighted by Gasteiger charge is 2.53. The van der Waals surface area contributed by atoms with Gasteiger partial charge in [-0.3, -0.25) is 0 Å². The lowest BCUT2D eigenvalue weighted by molar-refractivity contribution is -0.273. The Morgan fingerprint density at radius 3 is 2.48 bits per heavy atom. The third kappa shape index (κ3) is 2.95. The first-order valence-corrected chi connectivity index (χ1v) is 7.87. The molecule has 4 rings (SSSR count). The summed E-state index contributed by atoms with van der Waals surface area (Å²) in [6.45, 7) is 7.31. The maximum Gasteiger partial charge on any atom is 0.118 e. The Labute approximate surface area is 127 Å². The lowest BCUT2D eigenvalue weighted by Crippen LogP contribution is -2.60. The van der Waals surface area contributed by atoms with E-state index >= 15 is 0 Å². The van der Waals surface area contributed by atoms with Crippen molar-refractivity contribution in [3.63, 3.8) is 0 Å². The highest BCUT2D eigenvalue weighted by atomic mass is 16.5. The molecule has 0 radical (unpaired) electrons. The Morgan fingerprint density at radius 2 is 1.90 bits per heavy atom. The fourth-order valence-corrected chi connectivity index (χ4v) is 4.02. The Morgan fingerprint density at radius 1 is 1.19 bits per heavy atom. The van der Waals surface area contributed by atoms with Crippen molar-refractivity contribution >= 4 is 0 Å². The standard InChI is InChI=1S/C18H26O3/c1-17(2)15-9-10-18(3,21-17)11-16(15)20-12-13-5-7-14(19-4)8-6-13/h5-8,15-16H,9-12H2,1-4H3/t15-,16-,18+/m0/s1. The Bertz CT molecular complexity index is 491. The summed E-state index contributed by atoms with van der Waals surface area (Å²) in [7, 11) is 1.69. The Balaban J connectivity index is 1.65. The van der Waals surface area contributed by atoms with E-state index in [0.717, 1.165) is 18.6 Å². The number of hydrogen-bond donors (Lipinski definition) is 0. The number of benzene rings is 1. The Hall–Kier alpha value is -1.06. The average molecular weight is 290 g/mol. The van der Waals surface area contributed by atoms with Gasteiger partial charge in [-0.25, -0.2) is 0 Å². The normalized spacial score (nSPS) is 33.9. The summed E-state index contributed by atoms with van der Waals surface area (Å²) >= 11 is 0. The van der Waals surface area contributed by atoms with Crippen molar-refractivity contribution < 1.29 is 14.2 Å². The second kappa shape index (κ2) is 5.29. The fourth-order valence-electron chi connectivity index (χ4n) is 4.02. The molecule has 0 aromatic heterocycles. The molecule has 0 N–H and O–H groups in total. The molecule has 3 atom stereocenters. The number of ether oxygens (including phenoxy) is 3. The van der Waals surface area contributed by atoms with Gasteiger partial charge in [-0.15, -0.1) is 0 Å². The van der Waals surface area contributed by atoms with Gasteiger partial charge in [0.2, 0.25) is 0 Å². The molecule has 0 unspecified atom stereocenters. The maximum atomic E-state index is 6.28. The van der Waals surface area contributed by atoms with Gasteiger partial charge in [-0.05, 0) is 51.3 Å². The third-order valence-electron chi connectivity index (χ3n) is 5.09. The van der Waals surface area contributed by atoms with Crippen molar-refractivity contribution in [1.29, 1.82) is 0 Å². The van der Waals surface area contributed by atoms with Crippen LogP contribution in [0.5, 0.6) is 5.75 Å². The molecule has 2 saturated heterocycles. The van der Waals surface area contributed by atoms with E-state index in [0.29, 0.717) is 18.6 Å². The van der Waals surface area contributed by atoms with E-state index in [9.17, 15) is 0 Å². The first-order chi connectivity index (χ1) is 9.92. The van der Waals surface area contributed by atoms with Gasteiger partial charge in [-0.1, -0.05) is 12.1 Å². The van der Waals surface area contributed by atoms with Gasteiger partial charge in [0.15, 0.2) is 0 Å². The molecule has 3 aliphatic rings. The smallest absolute Gasteiger partial charge is 0.118 e. The lowest BCUT2D eigenvalue weighted by atomic mass is 9.67. The first kappa shape index (κ1) is 14.9. The van der Waals surface area contributed by atoms with Gasteiger partial charge in [0.05, 0.1) is 31.0 Å². The zero-order valence-corrected chi connectivity index (χ0v) is 13.5. The van der Waals surface area contributed by atoms with Crippen LogP contribution in [0.25, 0.3) is 0 Å². The van der Waals surface area contributed by atoms with E-state index in [1.54, 1.807) is 7.11 Å². The van der Waals surface area contributed by atoms with Crippen LogP contribution in [-0.2, 0) is 16.1 Å². The highest BCUT2D eigenvalue weighted by molar-refractivity contribution is 5.26. The minimum absolute atomic E-state index is 0.0111. The first-order valence-electron chi connectivity index (χ1n) is 7.87. The molecule has 1 aromatic carbocycles. The van der Waals surface area contributed by atoms with Gasteiger partial charge in [0, 0.05) is 12.3 Å². The van der Waals surface area contributed by atoms with Crippen molar-refractivity contribution in [2.75, 3.05) is 7.11 Å². The second-order valence-electron chi connectivity index (χ2n) is 7.20. The summed E-state index contributed by atoms with van der Waals surface area (Å²) in [5.74, 6) is 1.38.